The minimum atomic E-state index is -0.210. The molecule has 0 aliphatic heterocycles. The van der Waals surface area contributed by atoms with Gasteiger partial charge in [-0.3, -0.25) is 4.79 Å². The number of phenols is 1. The average Bonchev–Trinajstić information content (AvgIpc) is 2.50. The highest BCUT2D eigenvalue weighted by atomic mass is 35.5. The SMILES string of the molecule is CCCN(C(=O)c1cc(Cl)c(O)c(Cl)c1)c1ccccc1C. The summed E-state index contributed by atoms with van der Waals surface area (Å²) in [5.74, 6) is -0.405. The van der Waals surface area contributed by atoms with Gasteiger partial charge in [0.15, 0.2) is 5.75 Å². The van der Waals surface area contributed by atoms with Crippen molar-refractivity contribution in [3.8, 4) is 5.75 Å². The van der Waals surface area contributed by atoms with E-state index < -0.39 is 0 Å². The van der Waals surface area contributed by atoms with Crippen molar-refractivity contribution in [2.45, 2.75) is 20.3 Å². The maximum absolute atomic E-state index is 12.8. The number of nitrogens with zero attached hydrogens (tertiary/aromatic N) is 1. The molecule has 1 N–H and O–H groups in total. The number of carbonyl (C=O) groups is 1. The van der Waals surface area contributed by atoms with E-state index in [0.29, 0.717) is 12.1 Å². The van der Waals surface area contributed by atoms with E-state index in [9.17, 15) is 9.90 Å². The Balaban J connectivity index is 2.45. The van der Waals surface area contributed by atoms with Crippen LogP contribution in [0.15, 0.2) is 36.4 Å². The third-order valence-electron chi connectivity index (χ3n) is 3.36. The van der Waals surface area contributed by atoms with Crippen molar-refractivity contribution in [1.82, 2.24) is 0 Å². The Morgan fingerprint density at radius 1 is 1.18 bits per heavy atom. The summed E-state index contributed by atoms with van der Waals surface area (Å²) in [4.78, 5) is 14.5. The van der Waals surface area contributed by atoms with Crippen LogP contribution in [0.4, 0.5) is 5.69 Å². The molecule has 2 aromatic rings. The fraction of sp³-hybridized carbons (Fsp3) is 0.235. The lowest BCUT2D eigenvalue weighted by molar-refractivity contribution is 0.0986. The van der Waals surface area contributed by atoms with Crippen LogP contribution >= 0.6 is 23.2 Å². The molecule has 1 amide bonds. The molecule has 0 aliphatic rings. The van der Waals surface area contributed by atoms with Crippen molar-refractivity contribution in [2.24, 2.45) is 0 Å². The Morgan fingerprint density at radius 3 is 2.32 bits per heavy atom. The number of amides is 1. The third kappa shape index (κ3) is 3.37. The predicted octanol–water partition coefficient (Wildman–Crippen LogP) is 5.06. The molecule has 0 radical (unpaired) electrons. The van der Waals surface area contributed by atoms with Crippen LogP contribution in [0, 0.1) is 6.92 Å². The summed E-state index contributed by atoms with van der Waals surface area (Å²) >= 11 is 11.8. The first-order valence-corrected chi connectivity index (χ1v) is 7.76. The normalized spacial score (nSPS) is 10.5. The highest BCUT2D eigenvalue weighted by Crippen LogP contribution is 2.33. The van der Waals surface area contributed by atoms with Crippen LogP contribution in [0.3, 0.4) is 0 Å². The van der Waals surface area contributed by atoms with Crippen LogP contribution in [0.25, 0.3) is 0 Å². The van der Waals surface area contributed by atoms with Crippen LogP contribution in [-0.2, 0) is 0 Å². The van der Waals surface area contributed by atoms with Gasteiger partial charge in [0.05, 0.1) is 10.0 Å². The highest BCUT2D eigenvalue weighted by molar-refractivity contribution is 6.37. The summed E-state index contributed by atoms with van der Waals surface area (Å²) in [5.41, 5.74) is 2.22. The van der Waals surface area contributed by atoms with Gasteiger partial charge in [0, 0.05) is 17.8 Å². The van der Waals surface area contributed by atoms with Crippen molar-refractivity contribution in [3.63, 3.8) is 0 Å². The third-order valence-corrected chi connectivity index (χ3v) is 3.94. The molecule has 0 aliphatic carbocycles. The van der Waals surface area contributed by atoms with E-state index in [0.717, 1.165) is 17.7 Å². The molecule has 116 valence electrons. The molecule has 0 heterocycles. The molecule has 0 spiro atoms. The maximum atomic E-state index is 12.8. The second-order valence-electron chi connectivity index (χ2n) is 5.03. The van der Waals surface area contributed by atoms with Gasteiger partial charge in [0.25, 0.3) is 5.91 Å². The Kier molecular flexibility index (Phi) is 5.33. The van der Waals surface area contributed by atoms with Crippen LogP contribution < -0.4 is 4.90 Å². The van der Waals surface area contributed by atoms with Crippen molar-refractivity contribution in [1.29, 1.82) is 0 Å². The zero-order chi connectivity index (χ0) is 16.3. The molecule has 3 nitrogen and oxygen atoms in total. The van der Waals surface area contributed by atoms with Gasteiger partial charge in [-0.2, -0.15) is 0 Å². The van der Waals surface area contributed by atoms with E-state index >= 15 is 0 Å². The van der Waals surface area contributed by atoms with Crippen molar-refractivity contribution < 1.29 is 9.90 Å². The second kappa shape index (κ2) is 7.03. The number of anilines is 1. The molecule has 0 saturated heterocycles. The van der Waals surface area contributed by atoms with Crippen molar-refractivity contribution in [3.05, 3.63) is 57.6 Å². The molecular formula is C17H17Cl2NO2. The Labute approximate surface area is 140 Å². The van der Waals surface area contributed by atoms with Crippen LogP contribution in [0.1, 0.15) is 29.3 Å². The molecule has 2 rings (SSSR count). The first-order valence-electron chi connectivity index (χ1n) is 7.01. The van der Waals surface area contributed by atoms with E-state index in [1.165, 1.54) is 12.1 Å². The van der Waals surface area contributed by atoms with Gasteiger partial charge < -0.3 is 10.0 Å². The smallest absolute Gasteiger partial charge is 0.258 e. The molecule has 5 heteroatoms. The molecular weight excluding hydrogens is 321 g/mol. The number of aromatic hydroxyl groups is 1. The first kappa shape index (κ1) is 16.7. The van der Waals surface area contributed by atoms with Crippen LogP contribution in [0.2, 0.25) is 10.0 Å². The van der Waals surface area contributed by atoms with Crippen LogP contribution in [-0.4, -0.2) is 17.6 Å². The number of phenolic OH excluding ortho intramolecular Hbond substituents is 1. The fourth-order valence-corrected chi connectivity index (χ4v) is 2.75. The van der Waals surface area contributed by atoms with Gasteiger partial charge in [-0.1, -0.05) is 48.3 Å². The number of rotatable bonds is 4. The van der Waals surface area contributed by atoms with Gasteiger partial charge in [-0.25, -0.2) is 0 Å². The second-order valence-corrected chi connectivity index (χ2v) is 5.85. The zero-order valence-electron chi connectivity index (χ0n) is 12.4. The molecule has 0 unspecified atom stereocenters. The van der Waals surface area contributed by atoms with E-state index in [2.05, 4.69) is 0 Å². The Bertz CT molecular complexity index is 678. The van der Waals surface area contributed by atoms with Gasteiger partial charge in [-0.15, -0.1) is 0 Å². The van der Waals surface area contributed by atoms with E-state index in [1.54, 1.807) is 4.90 Å². The summed E-state index contributed by atoms with van der Waals surface area (Å²) in [6, 6.07) is 10.6. The van der Waals surface area contributed by atoms with Gasteiger partial charge in [-0.05, 0) is 37.1 Å². The molecule has 0 saturated carbocycles. The van der Waals surface area contributed by atoms with E-state index in [-0.39, 0.29) is 21.7 Å². The Morgan fingerprint density at radius 2 is 1.77 bits per heavy atom. The van der Waals surface area contributed by atoms with Crippen LogP contribution in [0.5, 0.6) is 5.75 Å². The summed E-state index contributed by atoms with van der Waals surface area (Å²) in [6.45, 7) is 4.55. The number of hydrogen-bond donors (Lipinski definition) is 1. The van der Waals surface area contributed by atoms with Crippen molar-refractivity contribution in [2.75, 3.05) is 11.4 Å². The minimum absolute atomic E-state index is 0.0667. The number of carbonyl (C=O) groups excluding carboxylic acids is 1. The summed E-state index contributed by atoms with van der Waals surface area (Å²) in [7, 11) is 0. The number of benzene rings is 2. The standard InChI is InChI=1S/C17H17Cl2NO2/c1-3-8-20(15-7-5-4-6-11(15)2)17(22)12-9-13(18)16(21)14(19)10-12/h4-7,9-10,21H,3,8H2,1-2H3. The van der Waals surface area contributed by atoms with Crippen molar-refractivity contribution >= 4 is 34.8 Å². The fourth-order valence-electron chi connectivity index (χ4n) is 2.27. The summed E-state index contributed by atoms with van der Waals surface area (Å²) in [6.07, 6.45) is 0.819. The first-order chi connectivity index (χ1) is 10.5. The number of aryl methyl sites for hydroxylation is 1. The van der Waals surface area contributed by atoms with E-state index in [4.69, 9.17) is 23.2 Å². The lowest BCUT2D eigenvalue weighted by Gasteiger charge is -2.24. The zero-order valence-corrected chi connectivity index (χ0v) is 13.9. The molecule has 22 heavy (non-hydrogen) atoms. The lowest BCUT2D eigenvalue weighted by atomic mass is 10.1. The Hall–Kier alpha value is -1.71. The van der Waals surface area contributed by atoms with Gasteiger partial charge in [0.1, 0.15) is 0 Å². The maximum Gasteiger partial charge on any atom is 0.258 e. The van der Waals surface area contributed by atoms with E-state index in [1.807, 2.05) is 38.1 Å². The predicted molar refractivity (Wildman–Crippen MR) is 91.3 cm³/mol. The number of hydrogen-bond acceptors (Lipinski definition) is 2. The summed E-state index contributed by atoms with van der Waals surface area (Å²) in [5, 5.41) is 9.76. The lowest BCUT2D eigenvalue weighted by Crippen LogP contribution is -2.32. The van der Waals surface area contributed by atoms with Gasteiger partial charge >= 0.3 is 0 Å². The largest absolute Gasteiger partial charge is 0.505 e. The van der Waals surface area contributed by atoms with Gasteiger partial charge in [0.2, 0.25) is 0 Å². The molecule has 2 aromatic carbocycles. The molecule has 0 bridgehead atoms. The average molecular weight is 338 g/mol. The summed E-state index contributed by atoms with van der Waals surface area (Å²) < 4.78 is 0. The quantitative estimate of drug-likeness (QED) is 0.846. The number of halogens is 2. The topological polar surface area (TPSA) is 40.5 Å². The minimum Gasteiger partial charge on any atom is -0.505 e. The molecule has 0 atom stereocenters. The number of para-hydroxylation sites is 1. The monoisotopic (exact) mass is 337 g/mol. The molecule has 0 aromatic heterocycles. The molecule has 0 fully saturated rings. The highest BCUT2D eigenvalue weighted by Gasteiger charge is 2.20.